The summed E-state index contributed by atoms with van der Waals surface area (Å²) in [5.74, 6) is 0.426. The number of nitriles is 1. The smallest absolute Gasteiger partial charge is 0.119 e. The highest BCUT2D eigenvalue weighted by Crippen LogP contribution is 2.38. The van der Waals surface area contributed by atoms with Gasteiger partial charge in [-0.1, -0.05) is 6.92 Å². The molecule has 1 unspecified atom stereocenters. The molecular weight excluding hydrogens is 212 g/mol. The van der Waals surface area contributed by atoms with Gasteiger partial charge in [0.25, 0.3) is 0 Å². The van der Waals surface area contributed by atoms with Crippen molar-refractivity contribution in [3.05, 3.63) is 0 Å². The standard InChI is InChI=1S/C13H26N4/c1-4-17(9-5-8-16(2)3)11-13(15,10-14)12-6-7-12/h12H,4-9,11,15H2,1-3H3. The number of nitrogens with two attached hydrogens (primary N) is 1. The minimum Gasteiger partial charge on any atom is -0.312 e. The summed E-state index contributed by atoms with van der Waals surface area (Å²) in [6.45, 7) is 5.95. The van der Waals surface area contributed by atoms with E-state index in [1.165, 1.54) is 0 Å². The van der Waals surface area contributed by atoms with Crippen molar-refractivity contribution in [1.29, 1.82) is 5.26 Å². The highest BCUT2D eigenvalue weighted by atomic mass is 15.2. The molecule has 0 spiro atoms. The predicted molar refractivity (Wildman–Crippen MR) is 70.5 cm³/mol. The molecule has 98 valence electrons. The van der Waals surface area contributed by atoms with E-state index in [0.29, 0.717) is 5.92 Å². The lowest BCUT2D eigenvalue weighted by Crippen LogP contribution is -2.51. The molecule has 0 heterocycles. The summed E-state index contributed by atoms with van der Waals surface area (Å²) in [5.41, 5.74) is 5.58. The molecule has 0 saturated heterocycles. The van der Waals surface area contributed by atoms with E-state index in [-0.39, 0.29) is 0 Å². The van der Waals surface area contributed by atoms with Crippen LogP contribution in [0.5, 0.6) is 0 Å². The molecule has 2 N–H and O–H groups in total. The topological polar surface area (TPSA) is 56.3 Å². The maximum atomic E-state index is 9.24. The van der Waals surface area contributed by atoms with Crippen LogP contribution in [0.2, 0.25) is 0 Å². The van der Waals surface area contributed by atoms with Crippen molar-refractivity contribution in [3.8, 4) is 6.07 Å². The van der Waals surface area contributed by atoms with Crippen LogP contribution in [-0.2, 0) is 0 Å². The zero-order valence-corrected chi connectivity index (χ0v) is 11.4. The Labute approximate surface area is 105 Å². The summed E-state index contributed by atoms with van der Waals surface area (Å²) in [4.78, 5) is 4.50. The van der Waals surface area contributed by atoms with Crippen LogP contribution in [0.1, 0.15) is 26.2 Å². The van der Waals surface area contributed by atoms with Crippen molar-refractivity contribution in [2.24, 2.45) is 11.7 Å². The van der Waals surface area contributed by atoms with Crippen LogP contribution < -0.4 is 5.73 Å². The Balaban J connectivity index is 2.37. The Morgan fingerprint density at radius 3 is 2.41 bits per heavy atom. The van der Waals surface area contributed by atoms with Crippen molar-refractivity contribution in [1.82, 2.24) is 9.80 Å². The largest absolute Gasteiger partial charge is 0.312 e. The predicted octanol–water partition coefficient (Wildman–Crippen LogP) is 0.891. The number of hydrogen-bond acceptors (Lipinski definition) is 4. The molecule has 1 atom stereocenters. The second-order valence-electron chi connectivity index (χ2n) is 5.45. The van der Waals surface area contributed by atoms with Crippen LogP contribution >= 0.6 is 0 Å². The molecule has 4 nitrogen and oxygen atoms in total. The lowest BCUT2D eigenvalue weighted by Gasteiger charge is -2.30. The van der Waals surface area contributed by atoms with E-state index in [1.54, 1.807) is 0 Å². The Morgan fingerprint density at radius 1 is 1.35 bits per heavy atom. The zero-order valence-electron chi connectivity index (χ0n) is 11.4. The van der Waals surface area contributed by atoms with Crippen LogP contribution in [0, 0.1) is 17.2 Å². The Bertz CT molecular complexity index is 267. The van der Waals surface area contributed by atoms with E-state index in [2.05, 4.69) is 36.9 Å². The fourth-order valence-electron chi connectivity index (χ4n) is 2.18. The zero-order chi connectivity index (χ0) is 12.9. The van der Waals surface area contributed by atoms with Crippen LogP contribution in [0.4, 0.5) is 0 Å². The van der Waals surface area contributed by atoms with Crippen LogP contribution in [0.25, 0.3) is 0 Å². The Kier molecular flexibility index (Phi) is 5.38. The maximum absolute atomic E-state index is 9.24. The second-order valence-corrected chi connectivity index (χ2v) is 5.45. The van der Waals surface area contributed by atoms with Crippen LogP contribution in [-0.4, -0.2) is 55.6 Å². The van der Waals surface area contributed by atoms with Gasteiger partial charge in [0.05, 0.1) is 6.07 Å². The summed E-state index contributed by atoms with van der Waals surface area (Å²) in [6.07, 6.45) is 3.38. The van der Waals surface area contributed by atoms with E-state index >= 15 is 0 Å². The molecule has 0 aromatic heterocycles. The summed E-state index contributed by atoms with van der Waals surface area (Å²) in [6, 6.07) is 2.33. The highest BCUT2D eigenvalue weighted by Gasteiger charge is 2.43. The number of rotatable bonds is 8. The lowest BCUT2D eigenvalue weighted by molar-refractivity contribution is 0.220. The van der Waals surface area contributed by atoms with Gasteiger partial charge in [-0.3, -0.25) is 0 Å². The van der Waals surface area contributed by atoms with E-state index in [0.717, 1.165) is 45.4 Å². The van der Waals surface area contributed by atoms with E-state index < -0.39 is 5.54 Å². The minimum absolute atomic E-state index is 0.426. The van der Waals surface area contributed by atoms with Gasteiger partial charge >= 0.3 is 0 Å². The number of hydrogen-bond donors (Lipinski definition) is 1. The third-order valence-electron chi connectivity index (χ3n) is 3.53. The van der Waals surface area contributed by atoms with Gasteiger partial charge in [0.2, 0.25) is 0 Å². The third-order valence-corrected chi connectivity index (χ3v) is 3.53. The van der Waals surface area contributed by atoms with E-state index in [9.17, 15) is 5.26 Å². The van der Waals surface area contributed by atoms with Crippen molar-refractivity contribution in [3.63, 3.8) is 0 Å². The minimum atomic E-state index is -0.617. The van der Waals surface area contributed by atoms with Crippen molar-refractivity contribution in [2.75, 3.05) is 40.3 Å². The van der Waals surface area contributed by atoms with Crippen molar-refractivity contribution in [2.45, 2.75) is 31.7 Å². The summed E-state index contributed by atoms with van der Waals surface area (Å²) < 4.78 is 0. The molecule has 1 aliphatic carbocycles. The second kappa shape index (κ2) is 6.34. The van der Waals surface area contributed by atoms with Crippen LogP contribution in [0.15, 0.2) is 0 Å². The molecule has 4 heteroatoms. The first-order valence-electron chi connectivity index (χ1n) is 6.59. The van der Waals surface area contributed by atoms with E-state index in [4.69, 9.17) is 5.73 Å². The molecule has 1 fully saturated rings. The lowest BCUT2D eigenvalue weighted by atomic mass is 9.95. The molecule has 0 aliphatic heterocycles. The maximum Gasteiger partial charge on any atom is 0.119 e. The summed E-state index contributed by atoms with van der Waals surface area (Å²) >= 11 is 0. The van der Waals surface area contributed by atoms with E-state index in [1.807, 2.05) is 0 Å². The van der Waals surface area contributed by atoms with Crippen molar-refractivity contribution < 1.29 is 0 Å². The average Bonchev–Trinajstić information content (AvgIpc) is 3.11. The first kappa shape index (κ1) is 14.4. The number of nitrogens with zero attached hydrogens (tertiary/aromatic N) is 3. The fourth-order valence-corrected chi connectivity index (χ4v) is 2.18. The average molecular weight is 238 g/mol. The first-order chi connectivity index (χ1) is 8.01. The molecule has 0 aromatic rings. The molecule has 17 heavy (non-hydrogen) atoms. The first-order valence-corrected chi connectivity index (χ1v) is 6.59. The Hall–Kier alpha value is -0.630. The SMILES string of the molecule is CCN(CCCN(C)C)CC(N)(C#N)C1CC1. The molecule has 1 saturated carbocycles. The van der Waals surface area contributed by atoms with Gasteiger partial charge in [-0.2, -0.15) is 5.26 Å². The number of likely N-dealkylation sites (N-methyl/N-ethyl adjacent to an activating group) is 1. The van der Waals surface area contributed by atoms with Gasteiger partial charge in [-0.25, -0.2) is 0 Å². The highest BCUT2D eigenvalue weighted by molar-refractivity contribution is 5.14. The molecule has 0 bridgehead atoms. The molecule has 0 aromatic carbocycles. The van der Waals surface area contributed by atoms with Gasteiger partial charge in [-0.15, -0.1) is 0 Å². The monoisotopic (exact) mass is 238 g/mol. The van der Waals surface area contributed by atoms with Crippen LogP contribution in [0.3, 0.4) is 0 Å². The van der Waals surface area contributed by atoms with Gasteiger partial charge in [0.15, 0.2) is 0 Å². The molecular formula is C13H26N4. The summed E-state index contributed by atoms with van der Waals surface area (Å²) in [5, 5.41) is 9.24. The van der Waals surface area contributed by atoms with Crippen molar-refractivity contribution >= 4 is 0 Å². The summed E-state index contributed by atoms with van der Waals surface area (Å²) in [7, 11) is 4.17. The van der Waals surface area contributed by atoms with Gasteiger partial charge in [-0.05, 0) is 58.9 Å². The van der Waals surface area contributed by atoms with Gasteiger partial charge in [0.1, 0.15) is 5.54 Å². The Morgan fingerprint density at radius 2 is 2.00 bits per heavy atom. The van der Waals surface area contributed by atoms with Gasteiger partial charge in [0, 0.05) is 6.54 Å². The third kappa shape index (κ3) is 4.63. The quantitative estimate of drug-likeness (QED) is 0.682. The molecule has 1 rings (SSSR count). The van der Waals surface area contributed by atoms with Gasteiger partial charge < -0.3 is 15.5 Å². The molecule has 0 radical (unpaired) electrons. The fraction of sp³-hybridized carbons (Fsp3) is 0.923. The normalized spacial score (nSPS) is 19.4. The molecule has 0 amide bonds. The molecule has 1 aliphatic rings.